The van der Waals surface area contributed by atoms with Gasteiger partial charge in [-0.3, -0.25) is 4.79 Å². The summed E-state index contributed by atoms with van der Waals surface area (Å²) in [5, 5.41) is 9.08. The number of carbonyl (C=O) groups is 2. The maximum absolute atomic E-state index is 12.3. The van der Waals surface area contributed by atoms with E-state index in [0.717, 1.165) is 10.0 Å². The van der Waals surface area contributed by atoms with Crippen LogP contribution in [0.4, 0.5) is 0 Å². The molecule has 1 fully saturated rings. The Hall–Kier alpha value is -1.01. The Labute approximate surface area is 117 Å². The molecule has 0 radical (unpaired) electrons. The second-order valence-electron chi connectivity index (χ2n) is 4.09. The predicted molar refractivity (Wildman–Crippen MR) is 73.8 cm³/mol. The van der Waals surface area contributed by atoms with Gasteiger partial charge in [-0.25, -0.2) is 4.79 Å². The third-order valence-corrected chi connectivity index (χ3v) is 4.35. The maximum Gasteiger partial charge on any atom is 0.327 e. The predicted octanol–water partition coefficient (Wildman–Crippen LogP) is 2.36. The lowest BCUT2D eigenvalue weighted by atomic mass is 10.1. The summed E-state index contributed by atoms with van der Waals surface area (Å²) in [6.07, 6.45) is 0. The van der Waals surface area contributed by atoms with E-state index in [2.05, 4.69) is 15.9 Å². The third-order valence-electron chi connectivity index (χ3n) is 2.85. The largest absolute Gasteiger partial charge is 0.480 e. The minimum atomic E-state index is -0.942. The molecular weight excluding hydrogens is 318 g/mol. The van der Waals surface area contributed by atoms with E-state index in [4.69, 9.17) is 5.11 Å². The smallest absolute Gasteiger partial charge is 0.327 e. The summed E-state index contributed by atoms with van der Waals surface area (Å²) in [5.74, 6) is -0.261. The molecule has 1 aromatic rings. The summed E-state index contributed by atoms with van der Waals surface area (Å²) >= 11 is 4.81. The molecule has 0 spiro atoms. The summed E-state index contributed by atoms with van der Waals surface area (Å²) < 4.78 is 0.905. The van der Waals surface area contributed by atoms with Crippen molar-refractivity contribution in [3.63, 3.8) is 0 Å². The number of benzene rings is 1. The van der Waals surface area contributed by atoms with Crippen LogP contribution in [0.1, 0.15) is 15.9 Å². The van der Waals surface area contributed by atoms with E-state index >= 15 is 0 Å². The number of thioether (sulfide) groups is 1. The zero-order chi connectivity index (χ0) is 13.3. The highest BCUT2D eigenvalue weighted by Crippen LogP contribution is 2.25. The van der Waals surface area contributed by atoms with Crippen LogP contribution in [0.25, 0.3) is 0 Å². The van der Waals surface area contributed by atoms with Gasteiger partial charge in [0.05, 0.1) is 5.88 Å². The highest BCUT2D eigenvalue weighted by atomic mass is 79.9. The SMILES string of the molecule is Cc1cc(Br)ccc1C(=O)N1CSCC1C(=O)O. The van der Waals surface area contributed by atoms with Crippen molar-refractivity contribution in [3.05, 3.63) is 33.8 Å². The number of rotatable bonds is 2. The topological polar surface area (TPSA) is 57.6 Å². The maximum atomic E-state index is 12.3. The van der Waals surface area contributed by atoms with Gasteiger partial charge >= 0.3 is 5.97 Å². The number of halogens is 1. The molecule has 1 atom stereocenters. The van der Waals surface area contributed by atoms with E-state index in [1.54, 1.807) is 12.1 Å². The summed E-state index contributed by atoms with van der Waals surface area (Å²) in [6.45, 7) is 1.84. The van der Waals surface area contributed by atoms with Gasteiger partial charge in [-0.2, -0.15) is 0 Å². The lowest BCUT2D eigenvalue weighted by molar-refractivity contribution is -0.140. The Morgan fingerprint density at radius 3 is 2.83 bits per heavy atom. The summed E-state index contributed by atoms with van der Waals surface area (Å²) in [4.78, 5) is 24.8. The van der Waals surface area contributed by atoms with Crippen molar-refractivity contribution in [1.29, 1.82) is 0 Å². The zero-order valence-corrected chi connectivity index (χ0v) is 12.1. The average Bonchev–Trinajstić information content (AvgIpc) is 2.77. The molecule has 1 aliphatic rings. The van der Waals surface area contributed by atoms with Gasteiger partial charge in [0, 0.05) is 15.8 Å². The van der Waals surface area contributed by atoms with E-state index in [1.807, 2.05) is 13.0 Å². The van der Waals surface area contributed by atoms with Crippen molar-refractivity contribution < 1.29 is 14.7 Å². The van der Waals surface area contributed by atoms with Gasteiger partial charge in [-0.15, -0.1) is 11.8 Å². The minimum absolute atomic E-state index is 0.211. The number of hydrogen-bond acceptors (Lipinski definition) is 3. The van der Waals surface area contributed by atoms with Crippen LogP contribution in [-0.4, -0.2) is 39.6 Å². The first-order valence-electron chi connectivity index (χ1n) is 5.38. The van der Waals surface area contributed by atoms with Crippen LogP contribution in [0.15, 0.2) is 22.7 Å². The minimum Gasteiger partial charge on any atom is -0.480 e. The van der Waals surface area contributed by atoms with E-state index < -0.39 is 12.0 Å². The molecule has 4 nitrogen and oxygen atoms in total. The fourth-order valence-electron chi connectivity index (χ4n) is 1.87. The van der Waals surface area contributed by atoms with E-state index in [-0.39, 0.29) is 5.91 Å². The molecule has 1 aromatic carbocycles. The highest BCUT2D eigenvalue weighted by Gasteiger charge is 2.35. The number of aliphatic carboxylic acids is 1. The van der Waals surface area contributed by atoms with Crippen LogP contribution in [0, 0.1) is 6.92 Å². The van der Waals surface area contributed by atoms with E-state index in [1.165, 1.54) is 16.7 Å². The molecule has 6 heteroatoms. The lowest BCUT2D eigenvalue weighted by Crippen LogP contribution is -2.41. The Balaban J connectivity index is 2.28. The van der Waals surface area contributed by atoms with E-state index in [9.17, 15) is 9.59 Å². The van der Waals surface area contributed by atoms with Crippen LogP contribution >= 0.6 is 27.7 Å². The normalized spacial score (nSPS) is 19.0. The number of amides is 1. The number of carbonyl (C=O) groups excluding carboxylic acids is 1. The molecule has 2 rings (SSSR count). The van der Waals surface area contributed by atoms with Gasteiger partial charge in [-0.05, 0) is 30.7 Å². The van der Waals surface area contributed by atoms with Crippen LogP contribution < -0.4 is 0 Å². The van der Waals surface area contributed by atoms with Gasteiger partial charge in [0.1, 0.15) is 6.04 Å². The molecule has 0 saturated carbocycles. The van der Waals surface area contributed by atoms with Crippen LogP contribution in [0.5, 0.6) is 0 Å². The summed E-state index contributed by atoms with van der Waals surface area (Å²) in [7, 11) is 0. The van der Waals surface area contributed by atoms with Crippen molar-refractivity contribution in [2.24, 2.45) is 0 Å². The van der Waals surface area contributed by atoms with Gasteiger partial charge in [0.15, 0.2) is 0 Å². The van der Waals surface area contributed by atoms with Gasteiger partial charge in [-0.1, -0.05) is 15.9 Å². The second kappa shape index (κ2) is 5.32. The summed E-state index contributed by atoms with van der Waals surface area (Å²) in [5.41, 5.74) is 1.40. The van der Waals surface area contributed by atoms with E-state index in [0.29, 0.717) is 17.2 Å². The first kappa shape index (κ1) is 13.4. The molecule has 1 N–H and O–H groups in total. The first-order chi connectivity index (χ1) is 8.50. The van der Waals surface area contributed by atoms with Crippen LogP contribution in [0.3, 0.4) is 0 Å². The van der Waals surface area contributed by atoms with Crippen molar-refractivity contribution in [1.82, 2.24) is 4.90 Å². The van der Waals surface area contributed by atoms with Crippen molar-refractivity contribution in [3.8, 4) is 0 Å². The molecule has 0 aliphatic carbocycles. The monoisotopic (exact) mass is 329 g/mol. The van der Waals surface area contributed by atoms with Crippen molar-refractivity contribution in [2.75, 3.05) is 11.6 Å². The molecule has 1 saturated heterocycles. The third kappa shape index (κ3) is 2.54. The number of hydrogen-bond donors (Lipinski definition) is 1. The molecule has 1 heterocycles. The summed E-state index contributed by atoms with van der Waals surface area (Å²) in [6, 6.07) is 4.65. The number of nitrogens with zero attached hydrogens (tertiary/aromatic N) is 1. The lowest BCUT2D eigenvalue weighted by Gasteiger charge is -2.21. The Morgan fingerprint density at radius 1 is 1.50 bits per heavy atom. The number of aryl methyl sites for hydroxylation is 1. The van der Waals surface area contributed by atoms with Gasteiger partial charge in [0.2, 0.25) is 0 Å². The molecule has 1 aliphatic heterocycles. The fraction of sp³-hybridized carbons (Fsp3) is 0.333. The second-order valence-corrected chi connectivity index (χ2v) is 6.00. The number of carboxylic acids is 1. The zero-order valence-electron chi connectivity index (χ0n) is 9.72. The Kier molecular flexibility index (Phi) is 3.97. The standard InChI is InChI=1S/C12H12BrNO3S/c1-7-4-8(13)2-3-9(7)11(15)14-6-18-5-10(14)12(16)17/h2-4,10H,5-6H2,1H3,(H,16,17). The fourth-order valence-corrected chi connectivity index (χ4v) is 3.49. The van der Waals surface area contributed by atoms with Crippen LogP contribution in [-0.2, 0) is 4.79 Å². The van der Waals surface area contributed by atoms with Gasteiger partial charge in [0.25, 0.3) is 5.91 Å². The van der Waals surface area contributed by atoms with Gasteiger partial charge < -0.3 is 10.0 Å². The Bertz CT molecular complexity index is 506. The van der Waals surface area contributed by atoms with Crippen LogP contribution in [0.2, 0.25) is 0 Å². The Morgan fingerprint density at radius 2 is 2.22 bits per heavy atom. The van der Waals surface area contributed by atoms with Crippen molar-refractivity contribution in [2.45, 2.75) is 13.0 Å². The average molecular weight is 330 g/mol. The first-order valence-corrected chi connectivity index (χ1v) is 7.33. The molecular formula is C12H12BrNO3S. The molecule has 1 amide bonds. The molecule has 0 aromatic heterocycles. The molecule has 0 bridgehead atoms. The number of carboxylic acid groups (broad SMARTS) is 1. The molecule has 1 unspecified atom stereocenters. The molecule has 96 valence electrons. The highest BCUT2D eigenvalue weighted by molar-refractivity contribution is 9.10. The van der Waals surface area contributed by atoms with Crippen molar-refractivity contribution >= 4 is 39.6 Å². The molecule has 18 heavy (non-hydrogen) atoms. The quantitative estimate of drug-likeness (QED) is 0.904.